The quantitative estimate of drug-likeness (QED) is 0.769. The minimum atomic E-state index is -4.56. The minimum absolute atomic E-state index is 0.165. The van der Waals surface area contributed by atoms with Crippen LogP contribution in [0.2, 0.25) is 0 Å². The highest BCUT2D eigenvalue weighted by Crippen LogP contribution is 2.36. The number of hydrogen-bond donors (Lipinski definition) is 0. The Morgan fingerprint density at radius 1 is 1.24 bits per heavy atom. The highest BCUT2D eigenvalue weighted by atomic mass is 19.4. The molecular formula is C17H20F3N3O2. The Morgan fingerprint density at radius 2 is 1.92 bits per heavy atom. The number of carbonyl (C=O) groups excluding carboxylic acids is 1. The summed E-state index contributed by atoms with van der Waals surface area (Å²) in [6.45, 7) is 5.78. The first kappa shape index (κ1) is 17.6. The molecule has 1 aromatic heterocycles. The Morgan fingerprint density at radius 3 is 2.56 bits per heavy atom. The number of halogens is 3. The molecule has 136 valence electrons. The van der Waals surface area contributed by atoms with E-state index in [0.29, 0.717) is 24.0 Å². The number of amides is 1. The van der Waals surface area contributed by atoms with E-state index in [2.05, 4.69) is 4.98 Å². The van der Waals surface area contributed by atoms with Crippen LogP contribution in [0.5, 0.6) is 0 Å². The third-order valence-electron chi connectivity index (χ3n) is 4.03. The second-order valence-corrected chi connectivity index (χ2v) is 7.16. The van der Waals surface area contributed by atoms with Crippen molar-refractivity contribution >= 4 is 17.1 Å². The zero-order valence-corrected chi connectivity index (χ0v) is 14.3. The van der Waals surface area contributed by atoms with Crippen molar-refractivity contribution in [2.45, 2.75) is 45.0 Å². The number of imidazole rings is 1. The van der Waals surface area contributed by atoms with Crippen LogP contribution in [0.15, 0.2) is 24.3 Å². The maximum atomic E-state index is 13.4. The summed E-state index contributed by atoms with van der Waals surface area (Å²) in [5.41, 5.74) is 0.0741. The van der Waals surface area contributed by atoms with E-state index in [9.17, 15) is 18.0 Å². The van der Waals surface area contributed by atoms with Gasteiger partial charge >= 0.3 is 12.3 Å². The van der Waals surface area contributed by atoms with Gasteiger partial charge in [0.15, 0.2) is 0 Å². The summed E-state index contributed by atoms with van der Waals surface area (Å²) >= 11 is 0. The molecule has 8 heteroatoms. The van der Waals surface area contributed by atoms with Gasteiger partial charge in [0.2, 0.25) is 5.82 Å². The molecule has 1 aliphatic rings. The molecule has 1 atom stereocenters. The first-order valence-electron chi connectivity index (χ1n) is 8.08. The van der Waals surface area contributed by atoms with Gasteiger partial charge in [-0.05, 0) is 39.3 Å². The van der Waals surface area contributed by atoms with E-state index in [4.69, 9.17) is 4.74 Å². The van der Waals surface area contributed by atoms with Crippen molar-refractivity contribution in [3.05, 3.63) is 30.1 Å². The molecule has 1 amide bonds. The molecule has 2 heterocycles. The van der Waals surface area contributed by atoms with Gasteiger partial charge in [0.05, 0.1) is 17.1 Å². The predicted octanol–water partition coefficient (Wildman–Crippen LogP) is 4.24. The van der Waals surface area contributed by atoms with Crippen LogP contribution in [-0.4, -0.2) is 39.2 Å². The number of para-hydroxylation sites is 2. The number of ether oxygens (including phenoxy) is 1. The number of fused-ring (bicyclic) bond motifs is 1. The first-order valence-corrected chi connectivity index (χ1v) is 8.08. The molecular weight excluding hydrogens is 335 g/mol. The second-order valence-electron chi connectivity index (χ2n) is 7.16. The molecule has 1 aliphatic heterocycles. The molecule has 0 bridgehead atoms. The summed E-state index contributed by atoms with van der Waals surface area (Å²) in [5.74, 6) is -0.926. The number of aromatic nitrogens is 2. The number of rotatable bonds is 1. The number of nitrogens with zero attached hydrogens (tertiary/aromatic N) is 3. The van der Waals surface area contributed by atoms with Gasteiger partial charge in [-0.2, -0.15) is 13.2 Å². The average molecular weight is 355 g/mol. The van der Waals surface area contributed by atoms with Crippen molar-refractivity contribution in [3.8, 4) is 0 Å². The lowest BCUT2D eigenvalue weighted by Crippen LogP contribution is -2.35. The molecule has 0 saturated carbocycles. The number of benzene rings is 1. The van der Waals surface area contributed by atoms with Gasteiger partial charge in [0, 0.05) is 13.1 Å². The van der Waals surface area contributed by atoms with Crippen molar-refractivity contribution in [2.75, 3.05) is 13.1 Å². The smallest absolute Gasteiger partial charge is 0.444 e. The molecule has 1 unspecified atom stereocenters. The highest BCUT2D eigenvalue weighted by Gasteiger charge is 2.41. The van der Waals surface area contributed by atoms with Crippen LogP contribution in [0.3, 0.4) is 0 Å². The average Bonchev–Trinajstić information content (AvgIpc) is 3.09. The van der Waals surface area contributed by atoms with Gasteiger partial charge in [-0.3, -0.25) is 0 Å². The molecule has 0 aliphatic carbocycles. The van der Waals surface area contributed by atoms with E-state index in [1.165, 1.54) is 9.47 Å². The summed E-state index contributed by atoms with van der Waals surface area (Å²) < 4.78 is 46.8. The second kappa shape index (κ2) is 5.93. The van der Waals surface area contributed by atoms with Gasteiger partial charge in [-0.15, -0.1) is 0 Å². The fourth-order valence-electron chi connectivity index (χ4n) is 3.06. The monoisotopic (exact) mass is 355 g/mol. The van der Waals surface area contributed by atoms with Crippen LogP contribution in [0.25, 0.3) is 11.0 Å². The maximum absolute atomic E-state index is 13.4. The Bertz CT molecular complexity index is 793. The maximum Gasteiger partial charge on any atom is 0.449 e. The number of likely N-dealkylation sites (tertiary alicyclic amines) is 1. The Hall–Kier alpha value is -2.25. The molecule has 1 aromatic carbocycles. The third kappa shape index (κ3) is 3.57. The molecule has 0 spiro atoms. The van der Waals surface area contributed by atoms with Crippen molar-refractivity contribution in [3.63, 3.8) is 0 Å². The summed E-state index contributed by atoms with van der Waals surface area (Å²) in [7, 11) is 0. The third-order valence-corrected chi connectivity index (χ3v) is 4.03. The van der Waals surface area contributed by atoms with E-state index in [-0.39, 0.29) is 6.54 Å². The van der Waals surface area contributed by atoms with Gasteiger partial charge in [-0.25, -0.2) is 9.78 Å². The largest absolute Gasteiger partial charge is 0.449 e. The van der Waals surface area contributed by atoms with Crippen LogP contribution in [0.1, 0.15) is 39.1 Å². The summed E-state index contributed by atoms with van der Waals surface area (Å²) in [6.07, 6.45) is -4.64. The van der Waals surface area contributed by atoms with Crippen LogP contribution < -0.4 is 0 Å². The lowest BCUT2D eigenvalue weighted by Gasteiger charge is -2.24. The number of alkyl halides is 3. The zero-order valence-electron chi connectivity index (χ0n) is 14.3. The summed E-state index contributed by atoms with van der Waals surface area (Å²) in [4.78, 5) is 17.4. The molecule has 3 rings (SSSR count). The van der Waals surface area contributed by atoms with Crippen LogP contribution in [-0.2, 0) is 10.9 Å². The Kier molecular flexibility index (Phi) is 4.17. The van der Waals surface area contributed by atoms with Crippen molar-refractivity contribution < 1.29 is 22.7 Å². The van der Waals surface area contributed by atoms with Crippen molar-refractivity contribution in [1.29, 1.82) is 0 Å². The lowest BCUT2D eigenvalue weighted by molar-refractivity contribution is -0.147. The number of carbonyl (C=O) groups is 1. The van der Waals surface area contributed by atoms with Crippen LogP contribution >= 0.6 is 0 Å². The van der Waals surface area contributed by atoms with Gasteiger partial charge in [0.1, 0.15) is 5.60 Å². The highest BCUT2D eigenvalue weighted by molar-refractivity contribution is 5.76. The lowest BCUT2D eigenvalue weighted by atomic mass is 10.2. The molecule has 25 heavy (non-hydrogen) atoms. The SMILES string of the molecule is CC(C)(C)OC(=O)N1CCC(n2c(C(F)(F)F)nc3ccccc32)C1. The van der Waals surface area contributed by atoms with E-state index >= 15 is 0 Å². The first-order chi connectivity index (χ1) is 11.6. The predicted molar refractivity (Wildman–Crippen MR) is 86.2 cm³/mol. The van der Waals surface area contributed by atoms with E-state index in [1.807, 2.05) is 0 Å². The molecule has 1 saturated heterocycles. The fourth-order valence-corrected chi connectivity index (χ4v) is 3.06. The Balaban J connectivity index is 1.91. The van der Waals surface area contributed by atoms with Gasteiger partial charge < -0.3 is 14.2 Å². The normalized spacial score (nSPS) is 18.8. The minimum Gasteiger partial charge on any atom is -0.444 e. The van der Waals surface area contributed by atoms with Gasteiger partial charge in [0.25, 0.3) is 0 Å². The van der Waals surface area contributed by atoms with Crippen LogP contribution in [0.4, 0.5) is 18.0 Å². The van der Waals surface area contributed by atoms with Gasteiger partial charge in [-0.1, -0.05) is 12.1 Å². The Labute approximate surface area is 143 Å². The molecule has 2 aromatic rings. The van der Waals surface area contributed by atoms with E-state index in [0.717, 1.165) is 0 Å². The topological polar surface area (TPSA) is 47.4 Å². The van der Waals surface area contributed by atoms with Crippen LogP contribution in [0, 0.1) is 0 Å². The summed E-state index contributed by atoms with van der Waals surface area (Å²) in [6, 6.07) is 6.02. The zero-order chi connectivity index (χ0) is 18.4. The standard InChI is InChI=1S/C17H20F3N3O2/c1-16(2,3)25-15(24)22-9-8-11(10-22)23-13-7-5-4-6-12(13)21-14(23)17(18,19)20/h4-7,11H,8-10H2,1-3H3. The van der Waals surface area contributed by atoms with E-state index < -0.39 is 29.7 Å². The fraction of sp³-hybridized carbons (Fsp3) is 0.529. The van der Waals surface area contributed by atoms with Crippen molar-refractivity contribution in [2.24, 2.45) is 0 Å². The molecule has 5 nitrogen and oxygen atoms in total. The number of hydrogen-bond acceptors (Lipinski definition) is 3. The van der Waals surface area contributed by atoms with Crippen molar-refractivity contribution in [1.82, 2.24) is 14.5 Å². The molecule has 0 N–H and O–H groups in total. The molecule has 1 fully saturated rings. The summed E-state index contributed by atoms with van der Waals surface area (Å²) in [5, 5.41) is 0. The van der Waals surface area contributed by atoms with E-state index in [1.54, 1.807) is 45.0 Å². The molecule has 0 radical (unpaired) electrons.